The quantitative estimate of drug-likeness (QED) is 0.359. The Labute approximate surface area is 121 Å². The van der Waals surface area contributed by atoms with E-state index >= 15 is 0 Å². The first-order valence-corrected chi connectivity index (χ1v) is 8.28. The van der Waals surface area contributed by atoms with Crippen LogP contribution in [0.25, 0.3) is 0 Å². The average Bonchev–Trinajstić information content (AvgIpc) is 2.91. The van der Waals surface area contributed by atoms with Gasteiger partial charge in [-0.1, -0.05) is 51.9 Å². The van der Waals surface area contributed by atoms with Gasteiger partial charge in [0.2, 0.25) is 0 Å². The second kappa shape index (κ2) is 10.2. The van der Waals surface area contributed by atoms with Crippen LogP contribution < -0.4 is 16.0 Å². The van der Waals surface area contributed by atoms with Gasteiger partial charge < -0.3 is 4.74 Å². The third-order valence-corrected chi connectivity index (χ3v) is 4.50. The van der Waals surface area contributed by atoms with E-state index in [0.717, 1.165) is 12.2 Å². The molecule has 0 aliphatic carbocycles. The maximum Gasteiger partial charge on any atom is 0.129 e. The van der Waals surface area contributed by atoms with Gasteiger partial charge in [0.05, 0.1) is 13.2 Å². The van der Waals surface area contributed by atoms with Crippen LogP contribution in [0.4, 0.5) is 0 Å². The van der Waals surface area contributed by atoms with Crippen molar-refractivity contribution in [1.29, 1.82) is 0 Å². The summed E-state index contributed by atoms with van der Waals surface area (Å²) in [7, 11) is 1.70. The molecule has 110 valence electrons. The van der Waals surface area contributed by atoms with Crippen molar-refractivity contribution < 1.29 is 4.74 Å². The van der Waals surface area contributed by atoms with Crippen LogP contribution in [0.3, 0.4) is 0 Å². The standard InChI is InChI=1S/C15H28N2OS/c1-3-4-5-6-7-8-9-10-14(17-16)15-11-13(18-2)12-19-15/h11-12,14,17H,3-10,16H2,1-2H3. The van der Waals surface area contributed by atoms with Crippen molar-refractivity contribution in [3.63, 3.8) is 0 Å². The Morgan fingerprint density at radius 1 is 1.21 bits per heavy atom. The van der Waals surface area contributed by atoms with Crippen molar-refractivity contribution in [3.05, 3.63) is 16.3 Å². The Hall–Kier alpha value is -0.580. The molecule has 3 N–H and O–H groups in total. The highest BCUT2D eigenvalue weighted by molar-refractivity contribution is 7.10. The van der Waals surface area contributed by atoms with Crippen LogP contribution in [-0.2, 0) is 0 Å². The number of hydrogen-bond acceptors (Lipinski definition) is 4. The number of nitrogens with two attached hydrogens (primary N) is 1. The van der Waals surface area contributed by atoms with E-state index in [1.807, 2.05) is 5.38 Å². The fourth-order valence-corrected chi connectivity index (χ4v) is 3.19. The summed E-state index contributed by atoms with van der Waals surface area (Å²) in [6.07, 6.45) is 10.5. The van der Waals surface area contributed by atoms with Crippen molar-refractivity contribution >= 4 is 11.3 Å². The lowest BCUT2D eigenvalue weighted by Crippen LogP contribution is -2.27. The van der Waals surface area contributed by atoms with E-state index < -0.39 is 0 Å². The van der Waals surface area contributed by atoms with Crippen LogP contribution in [0, 0.1) is 0 Å². The van der Waals surface area contributed by atoms with Gasteiger partial charge in [-0.2, -0.15) is 0 Å². The number of hydrazine groups is 1. The Morgan fingerprint density at radius 2 is 1.89 bits per heavy atom. The Balaban J connectivity index is 2.18. The Morgan fingerprint density at radius 3 is 2.47 bits per heavy atom. The minimum atomic E-state index is 0.268. The van der Waals surface area contributed by atoms with E-state index in [0.29, 0.717) is 0 Å². The zero-order valence-electron chi connectivity index (χ0n) is 12.3. The molecule has 0 radical (unpaired) electrons. The van der Waals surface area contributed by atoms with E-state index in [1.54, 1.807) is 18.4 Å². The molecule has 0 aromatic carbocycles. The molecule has 1 rings (SSSR count). The van der Waals surface area contributed by atoms with E-state index in [9.17, 15) is 0 Å². The number of nitrogens with one attached hydrogen (secondary N) is 1. The molecule has 0 aliphatic rings. The predicted molar refractivity (Wildman–Crippen MR) is 83.5 cm³/mol. The summed E-state index contributed by atoms with van der Waals surface area (Å²) in [4.78, 5) is 1.27. The average molecular weight is 284 g/mol. The molecular weight excluding hydrogens is 256 g/mol. The van der Waals surface area contributed by atoms with E-state index in [-0.39, 0.29) is 6.04 Å². The van der Waals surface area contributed by atoms with Gasteiger partial charge in [-0.15, -0.1) is 11.3 Å². The summed E-state index contributed by atoms with van der Waals surface area (Å²) < 4.78 is 5.21. The monoisotopic (exact) mass is 284 g/mol. The first kappa shape index (κ1) is 16.5. The molecule has 4 heteroatoms. The number of hydrogen-bond donors (Lipinski definition) is 2. The number of rotatable bonds is 11. The van der Waals surface area contributed by atoms with Crippen LogP contribution >= 0.6 is 11.3 Å². The molecule has 3 nitrogen and oxygen atoms in total. The molecule has 0 spiro atoms. The zero-order chi connectivity index (χ0) is 13.9. The second-order valence-corrected chi connectivity index (χ2v) is 5.96. The highest BCUT2D eigenvalue weighted by atomic mass is 32.1. The molecule has 0 saturated carbocycles. The topological polar surface area (TPSA) is 47.3 Å². The zero-order valence-corrected chi connectivity index (χ0v) is 13.1. The lowest BCUT2D eigenvalue weighted by molar-refractivity contribution is 0.415. The lowest BCUT2D eigenvalue weighted by Gasteiger charge is -2.13. The summed E-state index contributed by atoms with van der Waals surface area (Å²) in [5.74, 6) is 6.58. The first-order chi connectivity index (χ1) is 9.31. The lowest BCUT2D eigenvalue weighted by atomic mass is 10.0. The summed E-state index contributed by atoms with van der Waals surface area (Å²) in [5, 5.41) is 2.03. The molecule has 0 aliphatic heterocycles. The smallest absolute Gasteiger partial charge is 0.129 e. The third kappa shape index (κ3) is 6.41. The second-order valence-electron chi connectivity index (χ2n) is 5.02. The molecule has 1 atom stereocenters. The number of thiophene rings is 1. The van der Waals surface area contributed by atoms with Crippen LogP contribution in [0.1, 0.15) is 69.2 Å². The fraction of sp³-hybridized carbons (Fsp3) is 0.733. The van der Waals surface area contributed by atoms with Gasteiger partial charge in [0.1, 0.15) is 5.75 Å². The molecule has 1 heterocycles. The molecular formula is C15H28N2OS. The normalized spacial score (nSPS) is 12.6. The van der Waals surface area contributed by atoms with Gasteiger partial charge in [0.15, 0.2) is 0 Å². The molecule has 1 aromatic heterocycles. The number of ether oxygens (including phenoxy) is 1. The maximum absolute atomic E-state index is 5.65. The summed E-state index contributed by atoms with van der Waals surface area (Å²) in [6.45, 7) is 2.26. The molecule has 1 unspecified atom stereocenters. The molecule has 0 fully saturated rings. The number of unbranched alkanes of at least 4 members (excludes halogenated alkanes) is 6. The minimum Gasteiger partial charge on any atom is -0.496 e. The van der Waals surface area contributed by atoms with Crippen LogP contribution in [0.2, 0.25) is 0 Å². The minimum absolute atomic E-state index is 0.268. The van der Waals surface area contributed by atoms with Crippen molar-refractivity contribution in [1.82, 2.24) is 5.43 Å². The van der Waals surface area contributed by atoms with Gasteiger partial charge in [-0.25, -0.2) is 0 Å². The first-order valence-electron chi connectivity index (χ1n) is 7.40. The van der Waals surface area contributed by atoms with Crippen LogP contribution in [0.15, 0.2) is 11.4 Å². The number of methoxy groups -OCH3 is 1. The summed E-state index contributed by atoms with van der Waals surface area (Å²) in [6, 6.07) is 2.35. The molecule has 0 saturated heterocycles. The van der Waals surface area contributed by atoms with E-state index in [1.165, 1.54) is 49.8 Å². The van der Waals surface area contributed by atoms with Gasteiger partial charge >= 0.3 is 0 Å². The van der Waals surface area contributed by atoms with Crippen LogP contribution in [-0.4, -0.2) is 7.11 Å². The molecule has 19 heavy (non-hydrogen) atoms. The van der Waals surface area contributed by atoms with Crippen molar-refractivity contribution in [2.75, 3.05) is 7.11 Å². The van der Waals surface area contributed by atoms with Gasteiger partial charge in [-0.3, -0.25) is 11.3 Å². The van der Waals surface area contributed by atoms with Crippen LogP contribution in [0.5, 0.6) is 5.75 Å². The van der Waals surface area contributed by atoms with Crippen molar-refractivity contribution in [2.24, 2.45) is 5.84 Å². The van der Waals surface area contributed by atoms with Gasteiger partial charge in [-0.05, 0) is 12.5 Å². The Bertz CT molecular complexity index is 328. The third-order valence-electron chi connectivity index (χ3n) is 3.47. The SMILES string of the molecule is CCCCCCCCCC(NN)c1cc(OC)cs1. The maximum atomic E-state index is 5.65. The largest absolute Gasteiger partial charge is 0.496 e. The van der Waals surface area contributed by atoms with Crippen molar-refractivity contribution in [2.45, 2.75) is 64.3 Å². The van der Waals surface area contributed by atoms with Gasteiger partial charge in [0.25, 0.3) is 0 Å². The molecule has 1 aromatic rings. The fourth-order valence-electron chi connectivity index (χ4n) is 2.24. The highest BCUT2D eigenvalue weighted by Crippen LogP contribution is 2.29. The highest BCUT2D eigenvalue weighted by Gasteiger charge is 2.12. The van der Waals surface area contributed by atoms with Gasteiger partial charge in [0, 0.05) is 10.3 Å². The Kier molecular flexibility index (Phi) is 8.88. The van der Waals surface area contributed by atoms with E-state index in [2.05, 4.69) is 18.4 Å². The molecule has 0 amide bonds. The molecule has 0 bridgehead atoms. The van der Waals surface area contributed by atoms with E-state index in [4.69, 9.17) is 10.6 Å². The van der Waals surface area contributed by atoms with Crippen molar-refractivity contribution in [3.8, 4) is 5.75 Å². The summed E-state index contributed by atoms with van der Waals surface area (Å²) in [5.41, 5.74) is 2.92. The summed E-state index contributed by atoms with van der Waals surface area (Å²) >= 11 is 1.71. The predicted octanol–water partition coefficient (Wildman–Crippen LogP) is 4.40.